The van der Waals surface area contributed by atoms with Crippen molar-refractivity contribution in [2.45, 2.75) is 58.9 Å². The molecule has 1 N–H and O–H groups in total. The van der Waals surface area contributed by atoms with Crippen molar-refractivity contribution in [2.75, 3.05) is 11.9 Å². The van der Waals surface area contributed by atoms with Crippen LogP contribution in [0.4, 0.5) is 5.95 Å². The number of rotatable bonds is 6. The van der Waals surface area contributed by atoms with Crippen molar-refractivity contribution in [3.63, 3.8) is 0 Å². The van der Waals surface area contributed by atoms with Gasteiger partial charge in [-0.15, -0.1) is 0 Å². The molecular weight excluding hydrogens is 222 g/mol. The minimum Gasteiger partial charge on any atom is -0.356 e. The molecule has 3 heteroatoms. The summed E-state index contributed by atoms with van der Waals surface area (Å²) < 4.78 is 2.21. The highest BCUT2D eigenvalue weighted by Crippen LogP contribution is 2.30. The number of nitrogens with zero attached hydrogens (tertiary/aromatic N) is 2. The monoisotopic (exact) mass is 249 g/mol. The van der Waals surface area contributed by atoms with Crippen LogP contribution >= 0.6 is 0 Å². The molecule has 1 aliphatic carbocycles. The maximum atomic E-state index is 4.38. The van der Waals surface area contributed by atoms with Gasteiger partial charge in [-0.1, -0.05) is 39.5 Å². The van der Waals surface area contributed by atoms with E-state index in [1.54, 1.807) is 0 Å². The maximum Gasteiger partial charge on any atom is 0.202 e. The molecule has 0 saturated heterocycles. The van der Waals surface area contributed by atoms with Crippen LogP contribution in [0.1, 0.15) is 52.4 Å². The fraction of sp³-hybridized carbons (Fsp3) is 0.800. The van der Waals surface area contributed by atoms with E-state index in [0.29, 0.717) is 0 Å². The SMILES string of the molecule is CCCn1ccnc1NCCC1CCC(C)CC1. The first-order valence-corrected chi connectivity index (χ1v) is 7.54. The lowest BCUT2D eigenvalue weighted by molar-refractivity contribution is 0.281. The van der Waals surface area contributed by atoms with E-state index in [9.17, 15) is 0 Å². The quantitative estimate of drug-likeness (QED) is 0.828. The molecule has 0 unspecified atom stereocenters. The molecule has 0 amide bonds. The maximum absolute atomic E-state index is 4.38. The van der Waals surface area contributed by atoms with Gasteiger partial charge < -0.3 is 9.88 Å². The van der Waals surface area contributed by atoms with Gasteiger partial charge in [0.25, 0.3) is 0 Å². The second kappa shape index (κ2) is 6.81. The average Bonchev–Trinajstić information content (AvgIpc) is 2.80. The number of imidazole rings is 1. The van der Waals surface area contributed by atoms with Crippen LogP contribution < -0.4 is 5.32 Å². The van der Waals surface area contributed by atoms with Crippen LogP contribution in [-0.2, 0) is 6.54 Å². The summed E-state index contributed by atoms with van der Waals surface area (Å²) in [7, 11) is 0. The van der Waals surface area contributed by atoms with E-state index < -0.39 is 0 Å². The van der Waals surface area contributed by atoms with Gasteiger partial charge in [0.15, 0.2) is 0 Å². The highest BCUT2D eigenvalue weighted by atomic mass is 15.2. The predicted molar refractivity (Wildman–Crippen MR) is 76.7 cm³/mol. The van der Waals surface area contributed by atoms with Gasteiger partial charge in [-0.2, -0.15) is 0 Å². The van der Waals surface area contributed by atoms with Crippen LogP contribution in [0.15, 0.2) is 12.4 Å². The zero-order valence-electron chi connectivity index (χ0n) is 11.9. The number of hydrogen-bond donors (Lipinski definition) is 1. The molecule has 1 aliphatic rings. The van der Waals surface area contributed by atoms with Gasteiger partial charge in [0.2, 0.25) is 5.95 Å². The zero-order chi connectivity index (χ0) is 12.8. The molecule has 1 heterocycles. The average molecular weight is 249 g/mol. The summed E-state index contributed by atoms with van der Waals surface area (Å²) in [5.74, 6) is 2.93. The van der Waals surface area contributed by atoms with E-state index in [2.05, 4.69) is 34.9 Å². The molecule has 0 atom stereocenters. The molecule has 2 rings (SSSR count). The summed E-state index contributed by atoms with van der Waals surface area (Å²) in [5.41, 5.74) is 0. The Bertz CT molecular complexity index is 337. The third-order valence-electron chi connectivity index (χ3n) is 4.15. The second-order valence-electron chi connectivity index (χ2n) is 5.79. The second-order valence-corrected chi connectivity index (χ2v) is 5.79. The van der Waals surface area contributed by atoms with Crippen LogP contribution in [0, 0.1) is 11.8 Å². The lowest BCUT2D eigenvalue weighted by atomic mass is 9.81. The molecule has 0 aromatic carbocycles. The normalized spacial score (nSPS) is 24.1. The zero-order valence-corrected chi connectivity index (χ0v) is 11.9. The topological polar surface area (TPSA) is 29.9 Å². The fourth-order valence-corrected chi connectivity index (χ4v) is 2.90. The molecule has 0 spiro atoms. The van der Waals surface area contributed by atoms with Crippen molar-refractivity contribution in [1.82, 2.24) is 9.55 Å². The lowest BCUT2D eigenvalue weighted by Crippen LogP contribution is -2.17. The summed E-state index contributed by atoms with van der Waals surface area (Å²) >= 11 is 0. The summed E-state index contributed by atoms with van der Waals surface area (Å²) in [5, 5.41) is 3.49. The molecule has 0 aliphatic heterocycles. The largest absolute Gasteiger partial charge is 0.356 e. The van der Waals surface area contributed by atoms with Crippen LogP contribution in [0.3, 0.4) is 0 Å². The molecule has 1 aromatic rings. The Balaban J connectivity index is 1.70. The first-order chi connectivity index (χ1) is 8.79. The van der Waals surface area contributed by atoms with E-state index in [0.717, 1.165) is 37.3 Å². The molecule has 1 fully saturated rings. The summed E-state index contributed by atoms with van der Waals surface area (Å²) in [4.78, 5) is 4.38. The Morgan fingerprint density at radius 1 is 1.33 bits per heavy atom. The Morgan fingerprint density at radius 2 is 2.11 bits per heavy atom. The van der Waals surface area contributed by atoms with Crippen molar-refractivity contribution in [2.24, 2.45) is 11.8 Å². The van der Waals surface area contributed by atoms with Crippen LogP contribution in [-0.4, -0.2) is 16.1 Å². The molecule has 3 nitrogen and oxygen atoms in total. The summed E-state index contributed by atoms with van der Waals surface area (Å²) in [6.45, 7) is 6.71. The number of aryl methyl sites for hydroxylation is 1. The van der Waals surface area contributed by atoms with E-state index in [-0.39, 0.29) is 0 Å². The molecule has 102 valence electrons. The van der Waals surface area contributed by atoms with E-state index in [1.807, 2.05) is 6.20 Å². The van der Waals surface area contributed by atoms with Crippen molar-refractivity contribution < 1.29 is 0 Å². The van der Waals surface area contributed by atoms with Crippen molar-refractivity contribution in [3.8, 4) is 0 Å². The Kier molecular flexibility index (Phi) is 5.09. The first kappa shape index (κ1) is 13.4. The lowest BCUT2D eigenvalue weighted by Gasteiger charge is -2.26. The smallest absolute Gasteiger partial charge is 0.202 e. The van der Waals surface area contributed by atoms with Gasteiger partial charge in [-0.3, -0.25) is 0 Å². The molecule has 0 bridgehead atoms. The number of aromatic nitrogens is 2. The van der Waals surface area contributed by atoms with Gasteiger partial charge in [0.05, 0.1) is 0 Å². The molecule has 1 saturated carbocycles. The highest BCUT2D eigenvalue weighted by Gasteiger charge is 2.17. The third kappa shape index (κ3) is 3.76. The Hall–Kier alpha value is -0.990. The van der Waals surface area contributed by atoms with E-state index in [1.165, 1.54) is 32.1 Å². The number of hydrogen-bond acceptors (Lipinski definition) is 2. The van der Waals surface area contributed by atoms with Crippen molar-refractivity contribution >= 4 is 5.95 Å². The number of nitrogens with one attached hydrogen (secondary N) is 1. The molecular formula is C15H27N3. The Morgan fingerprint density at radius 3 is 2.83 bits per heavy atom. The predicted octanol–water partition coefficient (Wildman–Crippen LogP) is 3.92. The van der Waals surface area contributed by atoms with Crippen LogP contribution in [0.25, 0.3) is 0 Å². The molecule has 0 radical (unpaired) electrons. The summed E-state index contributed by atoms with van der Waals surface area (Å²) in [6, 6.07) is 0. The van der Waals surface area contributed by atoms with Crippen molar-refractivity contribution in [1.29, 1.82) is 0 Å². The van der Waals surface area contributed by atoms with E-state index >= 15 is 0 Å². The van der Waals surface area contributed by atoms with Gasteiger partial charge >= 0.3 is 0 Å². The van der Waals surface area contributed by atoms with Crippen LogP contribution in [0.2, 0.25) is 0 Å². The van der Waals surface area contributed by atoms with Crippen LogP contribution in [0.5, 0.6) is 0 Å². The summed E-state index contributed by atoms with van der Waals surface area (Å²) in [6.07, 6.45) is 12.1. The third-order valence-corrected chi connectivity index (χ3v) is 4.15. The van der Waals surface area contributed by atoms with Gasteiger partial charge in [-0.25, -0.2) is 4.98 Å². The Labute approximate surface area is 111 Å². The molecule has 1 aromatic heterocycles. The number of anilines is 1. The standard InChI is InChI=1S/C15H27N3/c1-3-11-18-12-10-17-15(18)16-9-8-14-6-4-13(2)5-7-14/h10,12-14H,3-9,11H2,1-2H3,(H,16,17). The van der Waals surface area contributed by atoms with Crippen molar-refractivity contribution in [3.05, 3.63) is 12.4 Å². The fourth-order valence-electron chi connectivity index (χ4n) is 2.90. The minimum absolute atomic E-state index is 0.934. The molecule has 18 heavy (non-hydrogen) atoms. The highest BCUT2D eigenvalue weighted by molar-refractivity contribution is 5.25. The van der Waals surface area contributed by atoms with Gasteiger partial charge in [-0.05, 0) is 24.7 Å². The van der Waals surface area contributed by atoms with Gasteiger partial charge in [0, 0.05) is 25.5 Å². The van der Waals surface area contributed by atoms with Gasteiger partial charge in [0.1, 0.15) is 0 Å². The first-order valence-electron chi connectivity index (χ1n) is 7.54. The van der Waals surface area contributed by atoms with E-state index in [4.69, 9.17) is 0 Å². The minimum atomic E-state index is 0.934.